The number of nitrogens with zero attached hydrogens (tertiary/aromatic N) is 3. The number of aryl methyl sites for hydroxylation is 2. The summed E-state index contributed by atoms with van der Waals surface area (Å²) in [6, 6.07) is 10.8. The van der Waals surface area contributed by atoms with Crippen molar-refractivity contribution in [1.82, 2.24) is 15.1 Å². The average molecular weight is 440 g/mol. The van der Waals surface area contributed by atoms with E-state index in [1.807, 2.05) is 32.0 Å². The van der Waals surface area contributed by atoms with Crippen LogP contribution in [0.1, 0.15) is 24.0 Å². The van der Waals surface area contributed by atoms with Crippen LogP contribution in [0.5, 0.6) is 0 Å². The van der Waals surface area contributed by atoms with Gasteiger partial charge in [-0.15, -0.1) is 10.2 Å². The minimum absolute atomic E-state index is 0.296. The Bertz CT molecular complexity index is 1120. The molecule has 0 spiro atoms. The van der Waals surface area contributed by atoms with Crippen LogP contribution in [0.4, 0.5) is 20.0 Å². The molecule has 3 amide bonds. The first-order chi connectivity index (χ1) is 14.9. The van der Waals surface area contributed by atoms with Gasteiger partial charge >= 0.3 is 6.03 Å². The van der Waals surface area contributed by atoms with Gasteiger partial charge in [-0.25, -0.2) is 9.18 Å². The minimum Gasteiger partial charge on any atom is -0.312 e. The van der Waals surface area contributed by atoms with E-state index in [2.05, 4.69) is 20.8 Å². The van der Waals surface area contributed by atoms with Crippen LogP contribution >= 0.6 is 11.3 Å². The number of urea groups is 1. The third-order valence-electron chi connectivity index (χ3n) is 5.19. The fourth-order valence-corrected chi connectivity index (χ4v) is 4.35. The van der Waals surface area contributed by atoms with E-state index >= 15 is 0 Å². The number of hydrogen-bond acceptors (Lipinski definition) is 5. The first-order valence-corrected chi connectivity index (χ1v) is 10.8. The van der Waals surface area contributed by atoms with Gasteiger partial charge in [-0.1, -0.05) is 29.0 Å². The Hall–Kier alpha value is -3.33. The summed E-state index contributed by atoms with van der Waals surface area (Å²) < 4.78 is 13.1. The third kappa shape index (κ3) is 4.72. The Morgan fingerprint density at radius 2 is 1.87 bits per heavy atom. The van der Waals surface area contributed by atoms with Crippen molar-refractivity contribution >= 4 is 34.1 Å². The van der Waals surface area contributed by atoms with Crippen molar-refractivity contribution in [2.75, 3.05) is 17.2 Å². The molecule has 1 unspecified atom stereocenters. The van der Waals surface area contributed by atoms with Gasteiger partial charge < -0.3 is 10.2 Å². The lowest BCUT2D eigenvalue weighted by Gasteiger charge is -2.24. The van der Waals surface area contributed by atoms with Crippen molar-refractivity contribution < 1.29 is 14.0 Å². The van der Waals surface area contributed by atoms with E-state index < -0.39 is 6.04 Å². The lowest BCUT2D eigenvalue weighted by molar-refractivity contribution is -0.119. The van der Waals surface area contributed by atoms with E-state index in [1.54, 1.807) is 17.0 Å². The van der Waals surface area contributed by atoms with E-state index in [1.165, 1.54) is 23.5 Å². The molecule has 0 radical (unpaired) electrons. The van der Waals surface area contributed by atoms with E-state index in [9.17, 15) is 14.0 Å². The van der Waals surface area contributed by atoms with Gasteiger partial charge in [0.2, 0.25) is 11.0 Å². The van der Waals surface area contributed by atoms with Crippen molar-refractivity contribution in [3.8, 4) is 10.6 Å². The van der Waals surface area contributed by atoms with E-state index in [-0.39, 0.29) is 17.8 Å². The number of aromatic nitrogens is 2. The van der Waals surface area contributed by atoms with Gasteiger partial charge in [0.25, 0.3) is 0 Å². The first kappa shape index (κ1) is 20.9. The normalized spacial score (nSPS) is 15.7. The standard InChI is InChI=1S/C22H22FN5O2S/c1-13-5-10-17(14(2)12-13)24-22(30)28-11-3-4-18(28)19(29)25-21-27-26-20(31-21)15-6-8-16(23)9-7-15/h5-10,12,18H,3-4,11H2,1-2H3,(H,24,30)(H,25,27,29). The van der Waals surface area contributed by atoms with Crippen LogP contribution < -0.4 is 10.6 Å². The molecule has 160 valence electrons. The fourth-order valence-electron chi connectivity index (χ4n) is 3.59. The second-order valence-electron chi connectivity index (χ2n) is 7.51. The Kier molecular flexibility index (Phi) is 5.94. The van der Waals surface area contributed by atoms with Gasteiger partial charge in [-0.3, -0.25) is 10.1 Å². The minimum atomic E-state index is -0.580. The zero-order valence-corrected chi connectivity index (χ0v) is 18.0. The van der Waals surface area contributed by atoms with E-state index in [0.717, 1.165) is 28.8 Å². The molecule has 0 saturated carbocycles. The molecule has 1 saturated heterocycles. The Labute approximate surface area is 183 Å². The Balaban J connectivity index is 1.42. The smallest absolute Gasteiger partial charge is 0.312 e. The largest absolute Gasteiger partial charge is 0.322 e. The van der Waals surface area contributed by atoms with Crippen molar-refractivity contribution in [1.29, 1.82) is 0 Å². The summed E-state index contributed by atoms with van der Waals surface area (Å²) >= 11 is 1.20. The fraction of sp³-hybridized carbons (Fsp3) is 0.273. The molecular weight excluding hydrogens is 417 g/mol. The number of nitrogens with one attached hydrogen (secondary N) is 2. The van der Waals surface area contributed by atoms with Crippen molar-refractivity contribution in [2.45, 2.75) is 32.7 Å². The molecule has 9 heteroatoms. The maximum absolute atomic E-state index is 13.1. The maximum atomic E-state index is 13.1. The number of carbonyl (C=O) groups excluding carboxylic acids is 2. The van der Waals surface area contributed by atoms with Crippen LogP contribution in [0.3, 0.4) is 0 Å². The van der Waals surface area contributed by atoms with Crippen LogP contribution in [0.15, 0.2) is 42.5 Å². The Morgan fingerprint density at radius 1 is 1.10 bits per heavy atom. The molecular formula is C22H22FN5O2S. The van der Waals surface area contributed by atoms with Gasteiger partial charge in [-0.2, -0.15) is 0 Å². The monoisotopic (exact) mass is 439 g/mol. The quantitative estimate of drug-likeness (QED) is 0.622. The lowest BCUT2D eigenvalue weighted by Crippen LogP contribution is -2.45. The molecule has 1 atom stereocenters. The number of hydrogen-bond donors (Lipinski definition) is 2. The molecule has 3 aromatic rings. The first-order valence-electron chi connectivity index (χ1n) is 9.96. The highest BCUT2D eigenvalue weighted by Crippen LogP contribution is 2.28. The van der Waals surface area contributed by atoms with Gasteiger partial charge in [0.15, 0.2) is 0 Å². The highest BCUT2D eigenvalue weighted by atomic mass is 32.1. The predicted octanol–water partition coefficient (Wildman–Crippen LogP) is 4.60. The molecule has 7 nitrogen and oxygen atoms in total. The molecule has 1 aromatic heterocycles. The predicted molar refractivity (Wildman–Crippen MR) is 119 cm³/mol. The van der Waals surface area contributed by atoms with Crippen molar-refractivity contribution in [3.05, 3.63) is 59.4 Å². The second kappa shape index (κ2) is 8.81. The summed E-state index contributed by atoms with van der Waals surface area (Å²) in [6.07, 6.45) is 1.32. The zero-order chi connectivity index (χ0) is 22.0. The summed E-state index contributed by atoms with van der Waals surface area (Å²) in [4.78, 5) is 27.2. The molecule has 1 aliphatic heterocycles. The maximum Gasteiger partial charge on any atom is 0.322 e. The molecule has 1 fully saturated rings. The summed E-state index contributed by atoms with van der Waals surface area (Å²) in [5.41, 5.74) is 3.53. The summed E-state index contributed by atoms with van der Waals surface area (Å²) in [7, 11) is 0. The van der Waals surface area contributed by atoms with Gasteiger partial charge in [0, 0.05) is 17.8 Å². The van der Waals surface area contributed by atoms with Gasteiger partial charge in [-0.05, 0) is 62.6 Å². The molecule has 0 bridgehead atoms. The summed E-state index contributed by atoms with van der Waals surface area (Å²) in [6.45, 7) is 4.44. The zero-order valence-electron chi connectivity index (χ0n) is 17.2. The lowest BCUT2D eigenvalue weighted by atomic mass is 10.1. The molecule has 0 aliphatic carbocycles. The molecule has 31 heavy (non-hydrogen) atoms. The molecule has 1 aliphatic rings. The van der Waals surface area contributed by atoms with Crippen LogP contribution in [-0.4, -0.2) is 39.6 Å². The topological polar surface area (TPSA) is 87.2 Å². The van der Waals surface area contributed by atoms with Crippen LogP contribution in [0.25, 0.3) is 10.6 Å². The van der Waals surface area contributed by atoms with Crippen LogP contribution in [0.2, 0.25) is 0 Å². The number of benzene rings is 2. The number of carbonyl (C=O) groups is 2. The summed E-state index contributed by atoms with van der Waals surface area (Å²) in [5.74, 6) is -0.627. The van der Waals surface area contributed by atoms with Crippen LogP contribution in [-0.2, 0) is 4.79 Å². The van der Waals surface area contributed by atoms with Gasteiger partial charge in [0.1, 0.15) is 16.9 Å². The van der Waals surface area contributed by atoms with Gasteiger partial charge in [0.05, 0.1) is 0 Å². The van der Waals surface area contributed by atoms with E-state index in [4.69, 9.17) is 0 Å². The summed E-state index contributed by atoms with van der Waals surface area (Å²) in [5, 5.41) is 14.7. The Morgan fingerprint density at radius 3 is 2.61 bits per heavy atom. The number of anilines is 2. The molecule has 4 rings (SSSR count). The molecule has 2 aromatic carbocycles. The van der Waals surface area contributed by atoms with Crippen molar-refractivity contribution in [2.24, 2.45) is 0 Å². The SMILES string of the molecule is Cc1ccc(NC(=O)N2CCCC2C(=O)Nc2nnc(-c3ccc(F)cc3)s2)c(C)c1. The highest BCUT2D eigenvalue weighted by Gasteiger charge is 2.34. The number of halogens is 1. The van der Waals surface area contributed by atoms with Crippen LogP contribution in [0, 0.1) is 19.7 Å². The number of rotatable bonds is 4. The molecule has 2 heterocycles. The van der Waals surface area contributed by atoms with E-state index in [0.29, 0.717) is 23.1 Å². The highest BCUT2D eigenvalue weighted by molar-refractivity contribution is 7.18. The number of amides is 3. The van der Waals surface area contributed by atoms with Crippen molar-refractivity contribution in [3.63, 3.8) is 0 Å². The molecule has 2 N–H and O–H groups in total. The average Bonchev–Trinajstić information content (AvgIpc) is 3.40. The third-order valence-corrected chi connectivity index (χ3v) is 6.07. The second-order valence-corrected chi connectivity index (χ2v) is 8.49. The number of likely N-dealkylation sites (tertiary alicyclic amines) is 1.